The lowest BCUT2D eigenvalue weighted by Gasteiger charge is -2.10. The number of nitrogens with one attached hydrogen (secondary N) is 1. The highest BCUT2D eigenvalue weighted by atomic mass is 16.4. The first kappa shape index (κ1) is 13.2. The molecule has 0 radical (unpaired) electrons. The molecule has 0 aliphatic rings. The second-order valence-electron chi connectivity index (χ2n) is 3.91. The van der Waals surface area contributed by atoms with Crippen LogP contribution in [0.15, 0.2) is 24.5 Å². The van der Waals surface area contributed by atoms with Gasteiger partial charge in [-0.3, -0.25) is 14.6 Å². The van der Waals surface area contributed by atoms with Gasteiger partial charge in [-0.1, -0.05) is 6.92 Å². The molecular weight excluding hydrogens is 220 g/mol. The number of carboxylic acids is 1. The Bertz CT molecular complexity index is 379. The van der Waals surface area contributed by atoms with Crippen molar-refractivity contribution in [2.24, 2.45) is 5.92 Å². The number of carboxylic acid groups (broad SMARTS) is 1. The maximum Gasteiger partial charge on any atom is 0.303 e. The summed E-state index contributed by atoms with van der Waals surface area (Å²) in [6.07, 6.45) is 3.70. The van der Waals surface area contributed by atoms with E-state index < -0.39 is 5.97 Å². The highest BCUT2D eigenvalue weighted by molar-refractivity contribution is 5.78. The van der Waals surface area contributed by atoms with Crippen LogP contribution < -0.4 is 5.32 Å². The lowest BCUT2D eigenvalue weighted by Crippen LogP contribution is -2.29. The Morgan fingerprint density at radius 2 is 2.06 bits per heavy atom. The number of nitrogens with zero attached hydrogens (tertiary/aromatic N) is 1. The van der Waals surface area contributed by atoms with E-state index in [9.17, 15) is 9.59 Å². The SMILES string of the molecule is CC(CCC(=O)O)C(=O)NCc1ccncc1. The van der Waals surface area contributed by atoms with Gasteiger partial charge in [-0.15, -0.1) is 0 Å². The maximum atomic E-state index is 11.6. The monoisotopic (exact) mass is 236 g/mol. The number of rotatable bonds is 6. The number of carbonyl (C=O) groups excluding carboxylic acids is 1. The zero-order valence-electron chi connectivity index (χ0n) is 9.72. The lowest BCUT2D eigenvalue weighted by atomic mass is 10.0. The smallest absolute Gasteiger partial charge is 0.303 e. The van der Waals surface area contributed by atoms with E-state index in [0.29, 0.717) is 13.0 Å². The first-order valence-electron chi connectivity index (χ1n) is 5.48. The fourth-order valence-electron chi connectivity index (χ4n) is 1.34. The molecule has 1 heterocycles. The Balaban J connectivity index is 2.32. The summed E-state index contributed by atoms with van der Waals surface area (Å²) in [4.78, 5) is 25.9. The second-order valence-corrected chi connectivity index (χ2v) is 3.91. The Morgan fingerprint density at radius 1 is 1.41 bits per heavy atom. The molecule has 0 aliphatic heterocycles. The van der Waals surface area contributed by atoms with Gasteiger partial charge in [0.1, 0.15) is 0 Å². The third-order valence-corrected chi connectivity index (χ3v) is 2.45. The van der Waals surface area contributed by atoms with Gasteiger partial charge >= 0.3 is 5.97 Å². The Kier molecular flexibility index (Phi) is 5.13. The molecular formula is C12H16N2O3. The second kappa shape index (κ2) is 6.62. The van der Waals surface area contributed by atoms with Crippen molar-refractivity contribution < 1.29 is 14.7 Å². The molecule has 0 saturated heterocycles. The summed E-state index contributed by atoms with van der Waals surface area (Å²) in [5, 5.41) is 11.3. The minimum Gasteiger partial charge on any atom is -0.481 e. The summed E-state index contributed by atoms with van der Waals surface area (Å²) in [7, 11) is 0. The van der Waals surface area contributed by atoms with Gasteiger partial charge in [-0.2, -0.15) is 0 Å². The summed E-state index contributed by atoms with van der Waals surface area (Å²) >= 11 is 0. The van der Waals surface area contributed by atoms with Gasteiger partial charge in [0.2, 0.25) is 5.91 Å². The molecule has 0 spiro atoms. The number of carbonyl (C=O) groups is 2. The molecule has 1 atom stereocenters. The predicted octanol–water partition coefficient (Wildman–Crippen LogP) is 1.20. The normalized spacial score (nSPS) is 11.8. The molecule has 0 aromatic carbocycles. The predicted molar refractivity (Wildman–Crippen MR) is 62.1 cm³/mol. The minimum absolute atomic E-state index is 0.0177. The van der Waals surface area contributed by atoms with Gasteiger partial charge in [0.25, 0.3) is 0 Å². The minimum atomic E-state index is -0.876. The molecule has 1 rings (SSSR count). The molecule has 0 bridgehead atoms. The summed E-state index contributed by atoms with van der Waals surface area (Å²) in [6.45, 7) is 2.17. The zero-order valence-corrected chi connectivity index (χ0v) is 9.72. The number of hydrogen-bond acceptors (Lipinski definition) is 3. The molecule has 1 aromatic rings. The van der Waals surface area contributed by atoms with Crippen molar-refractivity contribution in [3.8, 4) is 0 Å². The van der Waals surface area contributed by atoms with E-state index >= 15 is 0 Å². The van der Waals surface area contributed by atoms with E-state index in [1.165, 1.54) is 0 Å². The zero-order chi connectivity index (χ0) is 12.7. The summed E-state index contributed by atoms with van der Waals surface area (Å²) < 4.78 is 0. The average Bonchev–Trinajstić information content (AvgIpc) is 2.34. The van der Waals surface area contributed by atoms with Crippen LogP contribution in [0, 0.1) is 5.92 Å². The number of pyridine rings is 1. The Hall–Kier alpha value is -1.91. The van der Waals surface area contributed by atoms with E-state index in [1.54, 1.807) is 19.3 Å². The molecule has 0 aliphatic carbocycles. The van der Waals surface area contributed by atoms with Crippen LogP contribution in [0.5, 0.6) is 0 Å². The van der Waals surface area contributed by atoms with Crippen molar-refractivity contribution in [1.82, 2.24) is 10.3 Å². The highest BCUT2D eigenvalue weighted by Gasteiger charge is 2.13. The lowest BCUT2D eigenvalue weighted by molar-refractivity contribution is -0.137. The maximum absolute atomic E-state index is 11.6. The largest absolute Gasteiger partial charge is 0.481 e. The highest BCUT2D eigenvalue weighted by Crippen LogP contribution is 2.06. The van der Waals surface area contributed by atoms with Crippen LogP contribution in [0.1, 0.15) is 25.3 Å². The molecule has 2 N–H and O–H groups in total. The number of aromatic nitrogens is 1. The van der Waals surface area contributed by atoms with Crippen molar-refractivity contribution in [3.63, 3.8) is 0 Å². The number of amides is 1. The molecule has 1 amide bonds. The first-order chi connectivity index (χ1) is 8.09. The third-order valence-electron chi connectivity index (χ3n) is 2.45. The summed E-state index contributed by atoms with van der Waals surface area (Å²) in [5.74, 6) is -1.28. The van der Waals surface area contributed by atoms with Crippen LogP contribution in [-0.4, -0.2) is 22.0 Å². The standard InChI is InChI=1S/C12H16N2O3/c1-9(2-3-11(15)16)12(17)14-8-10-4-6-13-7-5-10/h4-7,9H,2-3,8H2,1H3,(H,14,17)(H,15,16). The number of hydrogen-bond donors (Lipinski definition) is 2. The topological polar surface area (TPSA) is 79.3 Å². The van der Waals surface area contributed by atoms with Gasteiger partial charge in [0.15, 0.2) is 0 Å². The third kappa shape index (κ3) is 5.10. The van der Waals surface area contributed by atoms with Crippen LogP contribution >= 0.6 is 0 Å². The van der Waals surface area contributed by atoms with Crippen LogP contribution in [0.25, 0.3) is 0 Å². The van der Waals surface area contributed by atoms with Crippen LogP contribution in [0.2, 0.25) is 0 Å². The van der Waals surface area contributed by atoms with Crippen molar-refractivity contribution in [3.05, 3.63) is 30.1 Å². The average molecular weight is 236 g/mol. The molecule has 1 aromatic heterocycles. The number of aliphatic carboxylic acids is 1. The van der Waals surface area contributed by atoms with Crippen LogP contribution in [0.3, 0.4) is 0 Å². The van der Waals surface area contributed by atoms with Crippen molar-refractivity contribution in [2.45, 2.75) is 26.3 Å². The van der Waals surface area contributed by atoms with E-state index in [4.69, 9.17) is 5.11 Å². The van der Waals surface area contributed by atoms with E-state index in [2.05, 4.69) is 10.3 Å². The Morgan fingerprint density at radius 3 is 2.65 bits per heavy atom. The van der Waals surface area contributed by atoms with E-state index in [1.807, 2.05) is 12.1 Å². The summed E-state index contributed by atoms with van der Waals surface area (Å²) in [5.41, 5.74) is 0.971. The molecule has 5 nitrogen and oxygen atoms in total. The molecule has 5 heteroatoms. The van der Waals surface area contributed by atoms with Crippen molar-refractivity contribution in [1.29, 1.82) is 0 Å². The van der Waals surface area contributed by atoms with Gasteiger partial charge < -0.3 is 10.4 Å². The van der Waals surface area contributed by atoms with Gasteiger partial charge in [-0.05, 0) is 24.1 Å². The fraction of sp³-hybridized carbons (Fsp3) is 0.417. The Labute approximate surface area is 99.9 Å². The molecule has 0 fully saturated rings. The molecule has 92 valence electrons. The van der Waals surface area contributed by atoms with Gasteiger partial charge in [0.05, 0.1) is 0 Å². The fourth-order valence-corrected chi connectivity index (χ4v) is 1.34. The summed E-state index contributed by atoms with van der Waals surface area (Å²) in [6, 6.07) is 3.64. The van der Waals surface area contributed by atoms with Gasteiger partial charge in [-0.25, -0.2) is 0 Å². The van der Waals surface area contributed by atoms with E-state index in [0.717, 1.165) is 5.56 Å². The molecule has 17 heavy (non-hydrogen) atoms. The molecule has 1 unspecified atom stereocenters. The van der Waals surface area contributed by atoms with E-state index in [-0.39, 0.29) is 18.2 Å². The van der Waals surface area contributed by atoms with Gasteiger partial charge in [0, 0.05) is 31.3 Å². The van der Waals surface area contributed by atoms with Crippen LogP contribution in [-0.2, 0) is 16.1 Å². The first-order valence-corrected chi connectivity index (χ1v) is 5.48. The van der Waals surface area contributed by atoms with Crippen molar-refractivity contribution in [2.75, 3.05) is 0 Å². The van der Waals surface area contributed by atoms with Crippen molar-refractivity contribution >= 4 is 11.9 Å². The van der Waals surface area contributed by atoms with Crippen LogP contribution in [0.4, 0.5) is 0 Å². The quantitative estimate of drug-likeness (QED) is 0.777. The molecule has 0 saturated carbocycles.